The number of nitrogens with zero attached hydrogens (tertiary/aromatic N) is 1. The Labute approximate surface area is 123 Å². The predicted molar refractivity (Wildman–Crippen MR) is 78.2 cm³/mol. The molecule has 2 rings (SSSR count). The van der Waals surface area contributed by atoms with Crippen LogP contribution in [-0.4, -0.2) is 34.2 Å². The van der Waals surface area contributed by atoms with Gasteiger partial charge in [-0.15, -0.1) is 0 Å². The van der Waals surface area contributed by atoms with Crippen molar-refractivity contribution >= 4 is 17.7 Å². The molecule has 1 aromatic rings. The van der Waals surface area contributed by atoms with Crippen LogP contribution in [0.2, 0.25) is 0 Å². The summed E-state index contributed by atoms with van der Waals surface area (Å²) in [5.41, 5.74) is 7.33. The summed E-state index contributed by atoms with van der Waals surface area (Å²) in [5, 5.41) is 9.07. The predicted octanol–water partition coefficient (Wildman–Crippen LogP) is 2.26. The first-order chi connectivity index (χ1) is 9.67. The van der Waals surface area contributed by atoms with Crippen molar-refractivity contribution in [3.8, 4) is 0 Å². The van der Waals surface area contributed by atoms with Crippen molar-refractivity contribution in [3.63, 3.8) is 0 Å². The molecule has 0 fully saturated rings. The van der Waals surface area contributed by atoms with Gasteiger partial charge in [-0.2, -0.15) is 0 Å². The number of amides is 1. The first-order valence-corrected chi connectivity index (χ1v) is 6.80. The van der Waals surface area contributed by atoms with E-state index in [9.17, 15) is 9.59 Å². The summed E-state index contributed by atoms with van der Waals surface area (Å²) >= 11 is 0. The fraction of sp³-hybridized carbons (Fsp3) is 0.467. The Bertz CT molecular complexity index is 590. The molecule has 1 aliphatic rings. The number of carboxylic acid groups (broad SMARTS) is 1. The van der Waals surface area contributed by atoms with Gasteiger partial charge in [-0.05, 0) is 50.5 Å². The number of nitrogen functional groups attached to an aromatic ring is 1. The van der Waals surface area contributed by atoms with Crippen molar-refractivity contribution in [1.82, 2.24) is 4.90 Å². The van der Waals surface area contributed by atoms with E-state index >= 15 is 0 Å². The number of carbonyl (C=O) groups excluding carboxylic acids is 1. The van der Waals surface area contributed by atoms with Gasteiger partial charge in [0.1, 0.15) is 5.60 Å². The van der Waals surface area contributed by atoms with Crippen molar-refractivity contribution in [3.05, 3.63) is 28.8 Å². The van der Waals surface area contributed by atoms with Gasteiger partial charge in [0, 0.05) is 18.8 Å². The van der Waals surface area contributed by atoms with E-state index in [0.717, 1.165) is 11.1 Å². The number of anilines is 1. The van der Waals surface area contributed by atoms with Crippen LogP contribution < -0.4 is 5.73 Å². The third kappa shape index (κ3) is 3.45. The lowest BCUT2D eigenvalue weighted by atomic mass is 9.96. The Morgan fingerprint density at radius 1 is 1.29 bits per heavy atom. The minimum atomic E-state index is -1.04. The molecule has 1 amide bonds. The topological polar surface area (TPSA) is 92.9 Å². The molecule has 0 radical (unpaired) electrons. The highest BCUT2D eigenvalue weighted by Crippen LogP contribution is 2.26. The Morgan fingerprint density at radius 2 is 1.95 bits per heavy atom. The summed E-state index contributed by atoms with van der Waals surface area (Å²) in [6, 6.07) is 3.23. The van der Waals surface area contributed by atoms with Gasteiger partial charge in [0.05, 0.1) is 5.56 Å². The van der Waals surface area contributed by atoms with Crippen LogP contribution in [0.4, 0.5) is 10.5 Å². The van der Waals surface area contributed by atoms with Crippen LogP contribution in [0, 0.1) is 0 Å². The number of carboxylic acids is 1. The fourth-order valence-electron chi connectivity index (χ4n) is 2.30. The fourth-order valence-corrected chi connectivity index (χ4v) is 2.30. The van der Waals surface area contributed by atoms with Crippen LogP contribution in [0.1, 0.15) is 42.3 Å². The number of carbonyl (C=O) groups is 2. The third-order valence-electron chi connectivity index (χ3n) is 3.27. The zero-order valence-corrected chi connectivity index (χ0v) is 12.5. The van der Waals surface area contributed by atoms with Crippen molar-refractivity contribution in [2.45, 2.75) is 39.3 Å². The Morgan fingerprint density at radius 3 is 2.52 bits per heavy atom. The maximum absolute atomic E-state index is 12.1. The molecular weight excluding hydrogens is 272 g/mol. The number of ether oxygens (including phenoxy) is 1. The number of rotatable bonds is 1. The summed E-state index contributed by atoms with van der Waals surface area (Å²) in [5.74, 6) is -1.04. The number of fused-ring (bicyclic) bond motifs is 1. The van der Waals surface area contributed by atoms with Gasteiger partial charge in [0.25, 0.3) is 0 Å². The first-order valence-electron chi connectivity index (χ1n) is 6.80. The lowest BCUT2D eigenvalue weighted by Gasteiger charge is -2.31. The van der Waals surface area contributed by atoms with Crippen LogP contribution in [0.15, 0.2) is 12.1 Å². The van der Waals surface area contributed by atoms with Crippen LogP contribution in [0.5, 0.6) is 0 Å². The Balaban J connectivity index is 2.19. The normalized spacial score (nSPS) is 14.5. The van der Waals surface area contributed by atoms with Crippen molar-refractivity contribution < 1.29 is 19.4 Å². The number of hydrogen-bond donors (Lipinski definition) is 2. The van der Waals surface area contributed by atoms with E-state index in [1.807, 2.05) is 20.8 Å². The highest BCUT2D eigenvalue weighted by atomic mass is 16.6. The zero-order chi connectivity index (χ0) is 15.8. The molecule has 6 heteroatoms. The second-order valence-electron chi connectivity index (χ2n) is 6.17. The number of nitrogens with two attached hydrogens (primary N) is 1. The zero-order valence-electron chi connectivity index (χ0n) is 12.5. The Hall–Kier alpha value is -2.24. The van der Waals surface area contributed by atoms with E-state index in [-0.39, 0.29) is 17.3 Å². The van der Waals surface area contributed by atoms with Gasteiger partial charge < -0.3 is 20.5 Å². The molecule has 1 heterocycles. The molecule has 6 nitrogen and oxygen atoms in total. The van der Waals surface area contributed by atoms with Gasteiger partial charge >= 0.3 is 12.1 Å². The molecule has 0 aliphatic carbocycles. The monoisotopic (exact) mass is 292 g/mol. The van der Waals surface area contributed by atoms with Gasteiger partial charge in [-0.1, -0.05) is 0 Å². The van der Waals surface area contributed by atoms with Crippen LogP contribution in [0.25, 0.3) is 0 Å². The lowest BCUT2D eigenvalue weighted by molar-refractivity contribution is 0.0223. The van der Waals surface area contributed by atoms with Gasteiger partial charge in [0.15, 0.2) is 0 Å². The molecule has 0 atom stereocenters. The molecule has 0 saturated heterocycles. The van der Waals surface area contributed by atoms with Crippen molar-refractivity contribution in [2.75, 3.05) is 12.3 Å². The summed E-state index contributed by atoms with van der Waals surface area (Å²) in [4.78, 5) is 24.7. The molecule has 0 unspecified atom stereocenters. The largest absolute Gasteiger partial charge is 0.478 e. The maximum Gasteiger partial charge on any atom is 0.410 e. The summed E-state index contributed by atoms with van der Waals surface area (Å²) in [6.07, 6.45) is 0.226. The van der Waals surface area contributed by atoms with E-state index in [4.69, 9.17) is 15.6 Å². The van der Waals surface area contributed by atoms with Crippen LogP contribution in [0.3, 0.4) is 0 Å². The van der Waals surface area contributed by atoms with Gasteiger partial charge in [-0.3, -0.25) is 0 Å². The van der Waals surface area contributed by atoms with E-state index in [1.54, 1.807) is 17.0 Å². The molecule has 0 bridgehead atoms. The van der Waals surface area contributed by atoms with Crippen molar-refractivity contribution in [1.29, 1.82) is 0 Å². The highest BCUT2D eigenvalue weighted by Gasteiger charge is 2.26. The molecule has 1 aromatic carbocycles. The minimum absolute atomic E-state index is 0.111. The molecule has 0 saturated carbocycles. The highest BCUT2D eigenvalue weighted by molar-refractivity contribution is 5.94. The molecule has 0 spiro atoms. The molecule has 0 aromatic heterocycles. The molecular formula is C15H20N2O4. The van der Waals surface area contributed by atoms with Crippen molar-refractivity contribution in [2.24, 2.45) is 0 Å². The molecule has 1 aliphatic heterocycles. The average molecular weight is 292 g/mol. The Kier molecular flexibility index (Phi) is 3.80. The lowest BCUT2D eigenvalue weighted by Crippen LogP contribution is -2.40. The summed E-state index contributed by atoms with van der Waals surface area (Å²) in [7, 11) is 0. The minimum Gasteiger partial charge on any atom is -0.478 e. The van der Waals surface area contributed by atoms with Gasteiger partial charge in [0.2, 0.25) is 0 Å². The molecule has 21 heavy (non-hydrogen) atoms. The van der Waals surface area contributed by atoms with E-state index in [1.165, 1.54) is 0 Å². The summed E-state index contributed by atoms with van der Waals surface area (Å²) in [6.45, 7) is 6.35. The maximum atomic E-state index is 12.1. The quantitative estimate of drug-likeness (QED) is 0.774. The second-order valence-corrected chi connectivity index (χ2v) is 6.17. The van der Waals surface area contributed by atoms with Gasteiger partial charge in [-0.25, -0.2) is 9.59 Å². The summed E-state index contributed by atoms with van der Waals surface area (Å²) < 4.78 is 5.35. The van der Waals surface area contributed by atoms with Crippen LogP contribution >= 0.6 is 0 Å². The third-order valence-corrected chi connectivity index (χ3v) is 3.27. The molecule has 3 N–H and O–H groups in total. The number of aromatic carboxylic acids is 1. The van der Waals surface area contributed by atoms with E-state index in [0.29, 0.717) is 19.5 Å². The molecule has 114 valence electrons. The first kappa shape index (κ1) is 15.2. The average Bonchev–Trinajstić information content (AvgIpc) is 2.34. The van der Waals surface area contributed by atoms with Crippen LogP contribution in [-0.2, 0) is 17.7 Å². The standard InChI is InChI=1S/C15H20N2O4/c1-15(2,3)21-14(20)17-5-4-9-6-11(13(18)19)12(16)7-10(9)8-17/h6-7H,4-5,8,16H2,1-3H3,(H,18,19). The SMILES string of the molecule is CC(C)(C)OC(=O)N1CCc2cc(C(=O)O)c(N)cc2C1. The number of hydrogen-bond acceptors (Lipinski definition) is 4. The number of benzene rings is 1. The smallest absolute Gasteiger partial charge is 0.410 e. The van der Waals surface area contributed by atoms with E-state index < -0.39 is 11.6 Å². The van der Waals surface area contributed by atoms with E-state index in [2.05, 4.69) is 0 Å². The second kappa shape index (κ2) is 5.27.